The number of hydrogen-bond acceptors (Lipinski definition) is 5. The molecular formula is C25H40ClN3O2. The predicted octanol–water partition coefficient (Wildman–Crippen LogP) is 4.09. The molecule has 1 aliphatic heterocycles. The first-order valence-electron chi connectivity index (χ1n) is 11.3. The van der Waals surface area contributed by atoms with Crippen molar-refractivity contribution >= 4 is 17.9 Å². The highest BCUT2D eigenvalue weighted by Gasteiger charge is 2.20. The van der Waals surface area contributed by atoms with Gasteiger partial charge in [-0.1, -0.05) is 55.5 Å². The highest BCUT2D eigenvalue weighted by Crippen LogP contribution is 2.08. The Morgan fingerprint density at radius 1 is 1.23 bits per heavy atom. The number of likely N-dealkylation sites (N-methyl/N-ethyl adjacent to an activating group) is 1. The fourth-order valence-electron chi connectivity index (χ4n) is 3.30. The van der Waals surface area contributed by atoms with E-state index in [1.807, 2.05) is 55.5 Å². The number of nitrogens with one attached hydrogen (secondary N) is 1. The highest BCUT2D eigenvalue weighted by atomic mass is 35.5. The van der Waals surface area contributed by atoms with E-state index in [2.05, 4.69) is 29.3 Å². The van der Waals surface area contributed by atoms with Gasteiger partial charge in [0, 0.05) is 51.1 Å². The Hall–Kier alpha value is -1.50. The maximum Gasteiger partial charge on any atom is 0.120 e. The number of aryl methyl sites for hydroxylation is 1. The molecule has 1 saturated heterocycles. The van der Waals surface area contributed by atoms with E-state index in [-0.39, 0.29) is 0 Å². The summed E-state index contributed by atoms with van der Waals surface area (Å²) in [5, 5.41) is 0. The Morgan fingerprint density at radius 2 is 1.94 bits per heavy atom. The van der Waals surface area contributed by atoms with Crippen molar-refractivity contribution in [2.24, 2.45) is 0 Å². The topological polar surface area (TPSA) is 44.8 Å². The van der Waals surface area contributed by atoms with Gasteiger partial charge in [-0.15, -0.1) is 11.6 Å². The average Bonchev–Trinajstić information content (AvgIpc) is 2.81. The molecule has 31 heavy (non-hydrogen) atoms. The molecule has 0 radical (unpaired) electrons. The van der Waals surface area contributed by atoms with E-state index in [1.165, 1.54) is 5.56 Å². The van der Waals surface area contributed by atoms with Crippen LogP contribution in [0.4, 0.5) is 0 Å². The lowest BCUT2D eigenvalue weighted by Crippen LogP contribution is -2.51. The van der Waals surface area contributed by atoms with Crippen molar-refractivity contribution in [1.82, 2.24) is 15.3 Å². The first-order valence-corrected chi connectivity index (χ1v) is 11.8. The summed E-state index contributed by atoms with van der Waals surface area (Å²) in [5.41, 5.74) is 5.49. The number of halogens is 1. The molecule has 1 aliphatic rings. The molecule has 5 nitrogen and oxygen atoms in total. The summed E-state index contributed by atoms with van der Waals surface area (Å²) in [6, 6.07) is 10.6. The van der Waals surface area contributed by atoms with Crippen LogP contribution in [-0.2, 0) is 16.1 Å². The van der Waals surface area contributed by atoms with Gasteiger partial charge < -0.3 is 9.69 Å². The lowest BCUT2D eigenvalue weighted by molar-refractivity contribution is -0.107. The van der Waals surface area contributed by atoms with E-state index in [0.29, 0.717) is 24.9 Å². The molecule has 174 valence electrons. The van der Waals surface area contributed by atoms with Crippen molar-refractivity contribution in [3.63, 3.8) is 0 Å². The average molecular weight is 450 g/mol. The van der Waals surface area contributed by atoms with Crippen LogP contribution in [0.25, 0.3) is 0 Å². The van der Waals surface area contributed by atoms with Crippen LogP contribution in [0.3, 0.4) is 0 Å². The van der Waals surface area contributed by atoms with Crippen LogP contribution in [0.5, 0.6) is 0 Å². The zero-order chi connectivity index (χ0) is 22.7. The number of carbonyl (C=O) groups excluding carboxylic acids is 1. The van der Waals surface area contributed by atoms with Crippen LogP contribution in [0.15, 0.2) is 54.1 Å². The third kappa shape index (κ3) is 12.8. The van der Waals surface area contributed by atoms with Gasteiger partial charge in [-0.3, -0.25) is 9.74 Å². The van der Waals surface area contributed by atoms with Crippen LogP contribution in [0, 0.1) is 0 Å². The van der Waals surface area contributed by atoms with Crippen LogP contribution in [-0.4, -0.2) is 74.4 Å². The second-order valence-corrected chi connectivity index (χ2v) is 7.96. The maximum absolute atomic E-state index is 9.98. The van der Waals surface area contributed by atoms with Crippen molar-refractivity contribution in [1.29, 1.82) is 0 Å². The monoisotopic (exact) mass is 449 g/mol. The molecule has 0 bridgehead atoms. The fraction of sp³-hybridized carbons (Fsp3) is 0.560. The Morgan fingerprint density at radius 3 is 2.52 bits per heavy atom. The van der Waals surface area contributed by atoms with Crippen molar-refractivity contribution in [2.75, 3.05) is 52.3 Å². The molecule has 2 rings (SSSR count). The number of nitrogens with zero attached hydrogens (tertiary/aromatic N) is 2. The summed E-state index contributed by atoms with van der Waals surface area (Å²) >= 11 is 5.64. The molecular weight excluding hydrogens is 410 g/mol. The van der Waals surface area contributed by atoms with Gasteiger partial charge in [-0.05, 0) is 37.9 Å². The molecule has 0 spiro atoms. The molecule has 0 saturated carbocycles. The third-order valence-electron chi connectivity index (χ3n) is 5.37. The quantitative estimate of drug-likeness (QED) is 0.171. The number of rotatable bonds is 12. The van der Waals surface area contributed by atoms with E-state index < -0.39 is 0 Å². The standard InChI is InChI=1S/C16H30ClN3O.C9H10O/c1-4-15(7-6-8-17)14-21-18-13-16(5-2)20-11-9-19(3)10-12-20;10-8-4-7-9-5-2-1-3-6-9/h4,6-7,16,18H,5,8-14H2,1-3H3;1-3,5-6,8H,4,7H2/b7-6-,15-4+;. The Bertz CT molecular complexity index is 629. The number of hydrogen-bond donors (Lipinski definition) is 1. The summed E-state index contributed by atoms with van der Waals surface area (Å²) in [4.78, 5) is 20.5. The van der Waals surface area contributed by atoms with Gasteiger partial charge in [0.1, 0.15) is 6.29 Å². The van der Waals surface area contributed by atoms with E-state index in [9.17, 15) is 4.79 Å². The van der Waals surface area contributed by atoms with Gasteiger partial charge >= 0.3 is 0 Å². The fourth-order valence-corrected chi connectivity index (χ4v) is 3.39. The Kier molecular flexibility index (Phi) is 16.1. The van der Waals surface area contributed by atoms with E-state index in [1.54, 1.807) is 0 Å². The van der Waals surface area contributed by atoms with Gasteiger partial charge in [0.05, 0.1) is 6.61 Å². The summed E-state index contributed by atoms with van der Waals surface area (Å²) in [6.45, 7) is 10.3. The van der Waals surface area contributed by atoms with Gasteiger partial charge in [0.2, 0.25) is 0 Å². The zero-order valence-electron chi connectivity index (χ0n) is 19.4. The van der Waals surface area contributed by atoms with Crippen molar-refractivity contribution < 1.29 is 9.63 Å². The molecule has 1 heterocycles. The summed E-state index contributed by atoms with van der Waals surface area (Å²) in [7, 11) is 2.19. The van der Waals surface area contributed by atoms with Crippen LogP contribution in [0.1, 0.15) is 32.3 Å². The number of alkyl halides is 1. The largest absolute Gasteiger partial charge is 0.304 e. The summed E-state index contributed by atoms with van der Waals surface area (Å²) in [5.74, 6) is 0.534. The predicted molar refractivity (Wildman–Crippen MR) is 132 cm³/mol. The number of allylic oxidation sites excluding steroid dienone is 2. The molecule has 1 fully saturated rings. The van der Waals surface area contributed by atoms with Gasteiger partial charge in [-0.25, -0.2) is 5.48 Å². The molecule has 0 aliphatic carbocycles. The normalized spacial score (nSPS) is 16.7. The molecule has 1 aromatic carbocycles. The van der Waals surface area contributed by atoms with Crippen LogP contribution >= 0.6 is 11.6 Å². The lowest BCUT2D eigenvalue weighted by atomic mass is 10.1. The Labute approximate surface area is 194 Å². The zero-order valence-corrected chi connectivity index (χ0v) is 20.2. The minimum atomic E-state index is 0.534. The summed E-state index contributed by atoms with van der Waals surface area (Å²) < 4.78 is 0. The number of hydroxylamine groups is 1. The van der Waals surface area contributed by atoms with Gasteiger partial charge in [0.25, 0.3) is 0 Å². The highest BCUT2D eigenvalue weighted by molar-refractivity contribution is 6.18. The SMILES string of the molecule is C/C=C(\C=C/CCl)CONCC(CC)N1CCN(C)CC1.O=CCCc1ccccc1. The lowest BCUT2D eigenvalue weighted by Gasteiger charge is -2.37. The molecule has 1 unspecified atom stereocenters. The van der Waals surface area contributed by atoms with Gasteiger partial charge in [0.15, 0.2) is 0 Å². The van der Waals surface area contributed by atoms with Crippen LogP contribution in [0.2, 0.25) is 0 Å². The second kappa shape index (κ2) is 18.1. The molecule has 1 N–H and O–H groups in total. The molecule has 1 atom stereocenters. The molecule has 0 aromatic heterocycles. The maximum atomic E-state index is 9.98. The first-order chi connectivity index (χ1) is 15.1. The van der Waals surface area contributed by atoms with Gasteiger partial charge in [-0.2, -0.15) is 0 Å². The number of aldehydes is 1. The number of benzene rings is 1. The van der Waals surface area contributed by atoms with Crippen molar-refractivity contribution in [3.05, 3.63) is 59.7 Å². The second-order valence-electron chi connectivity index (χ2n) is 7.65. The van der Waals surface area contributed by atoms with Crippen molar-refractivity contribution in [2.45, 2.75) is 39.2 Å². The smallest absolute Gasteiger partial charge is 0.120 e. The van der Waals surface area contributed by atoms with E-state index in [4.69, 9.17) is 16.4 Å². The summed E-state index contributed by atoms with van der Waals surface area (Å²) in [6.07, 6.45) is 9.57. The number of piperazine rings is 1. The van der Waals surface area contributed by atoms with E-state index in [0.717, 1.165) is 57.4 Å². The molecule has 1 aromatic rings. The Balaban J connectivity index is 0.000000399. The van der Waals surface area contributed by atoms with Crippen molar-refractivity contribution in [3.8, 4) is 0 Å². The van der Waals surface area contributed by atoms with E-state index >= 15 is 0 Å². The number of carbonyl (C=O) groups is 1. The molecule has 6 heteroatoms. The minimum Gasteiger partial charge on any atom is -0.304 e. The molecule has 0 amide bonds. The van der Waals surface area contributed by atoms with Crippen LogP contribution < -0.4 is 5.48 Å². The minimum absolute atomic E-state index is 0.534. The first kappa shape index (κ1) is 27.5. The third-order valence-corrected chi connectivity index (χ3v) is 5.55.